The number of benzene rings is 2. The van der Waals surface area contributed by atoms with Crippen LogP contribution in [-0.4, -0.2) is 44.5 Å². The third-order valence-corrected chi connectivity index (χ3v) is 7.09. The third-order valence-electron chi connectivity index (χ3n) is 6.73. The average molecular weight is 540 g/mol. The van der Waals surface area contributed by atoms with Crippen molar-refractivity contribution in [3.05, 3.63) is 68.7 Å². The molecule has 1 aliphatic carbocycles. The highest BCUT2D eigenvalue weighted by molar-refractivity contribution is 6.36. The van der Waals surface area contributed by atoms with Crippen LogP contribution in [0.25, 0.3) is 11.0 Å². The molecule has 0 bridgehead atoms. The van der Waals surface area contributed by atoms with Gasteiger partial charge in [0.25, 0.3) is 0 Å². The van der Waals surface area contributed by atoms with Crippen LogP contribution < -0.4 is 25.0 Å². The molecule has 1 aliphatic heterocycles. The maximum atomic E-state index is 13.6. The minimum atomic E-state index is -1.80. The second-order valence-corrected chi connectivity index (χ2v) is 9.29. The van der Waals surface area contributed by atoms with Crippen molar-refractivity contribution in [2.24, 2.45) is 5.92 Å². The van der Waals surface area contributed by atoms with E-state index in [0.29, 0.717) is 11.4 Å². The number of hydrogen-bond donors (Lipinski definition) is 1. The Labute approximate surface area is 221 Å². The van der Waals surface area contributed by atoms with Gasteiger partial charge in [-0.15, -0.1) is 0 Å². The number of rotatable bonds is 5. The molecule has 38 heavy (non-hydrogen) atoms. The van der Waals surface area contributed by atoms with E-state index in [0.717, 1.165) is 6.07 Å². The number of anilines is 1. The van der Waals surface area contributed by atoms with Crippen molar-refractivity contribution in [1.82, 2.24) is 0 Å². The van der Waals surface area contributed by atoms with Gasteiger partial charge in [-0.3, -0.25) is 14.4 Å². The summed E-state index contributed by atoms with van der Waals surface area (Å²) in [7, 11) is 4.01. The van der Waals surface area contributed by atoms with E-state index in [-0.39, 0.29) is 51.0 Å². The van der Waals surface area contributed by atoms with Crippen molar-refractivity contribution in [3.8, 4) is 17.2 Å². The Kier molecular flexibility index (Phi) is 6.15. The fourth-order valence-electron chi connectivity index (χ4n) is 4.84. The summed E-state index contributed by atoms with van der Waals surface area (Å²) in [5.41, 5.74) is -0.907. The number of carbonyl (C=O) groups excluding carboxylic acids is 3. The molecule has 1 spiro atoms. The first kappa shape index (κ1) is 25.3. The number of halogens is 1. The lowest BCUT2D eigenvalue weighted by Crippen LogP contribution is -2.55. The molecule has 2 atom stereocenters. The third kappa shape index (κ3) is 3.71. The Balaban J connectivity index is 1.47. The van der Waals surface area contributed by atoms with E-state index in [1.807, 2.05) is 0 Å². The summed E-state index contributed by atoms with van der Waals surface area (Å²) < 4.78 is 26.7. The van der Waals surface area contributed by atoms with E-state index >= 15 is 0 Å². The summed E-state index contributed by atoms with van der Waals surface area (Å²) >= 11 is 6.42. The number of esters is 1. The number of hydrogen-bond acceptors (Lipinski definition) is 10. The molecule has 0 unspecified atom stereocenters. The second-order valence-electron chi connectivity index (χ2n) is 8.91. The molecule has 0 fully saturated rings. The molecule has 1 aromatic heterocycles. The van der Waals surface area contributed by atoms with Crippen molar-refractivity contribution in [1.29, 1.82) is 0 Å². The molecule has 11 heteroatoms. The Morgan fingerprint density at radius 2 is 1.82 bits per heavy atom. The normalized spacial score (nSPS) is 20.1. The van der Waals surface area contributed by atoms with Gasteiger partial charge in [0.2, 0.25) is 22.9 Å². The van der Waals surface area contributed by atoms with Crippen molar-refractivity contribution in [2.45, 2.75) is 18.9 Å². The maximum Gasteiger partial charge on any atom is 0.374 e. The number of allylic oxidation sites excluding steroid dienone is 1. The van der Waals surface area contributed by atoms with Gasteiger partial charge >= 0.3 is 5.97 Å². The van der Waals surface area contributed by atoms with Gasteiger partial charge < -0.3 is 28.7 Å². The van der Waals surface area contributed by atoms with Crippen LogP contribution in [0.1, 0.15) is 34.3 Å². The first-order chi connectivity index (χ1) is 18.1. The first-order valence-electron chi connectivity index (χ1n) is 11.5. The predicted molar refractivity (Wildman–Crippen MR) is 137 cm³/mol. The summed E-state index contributed by atoms with van der Waals surface area (Å²) in [5.74, 6) is -2.15. The standard InChI is InChI=1S/C27H22ClNO9/c1-12-7-14(29-13-5-6-17-15(8-13)16(30)10-20(37-17)26(33)36-4)9-21(31)27(12)25(32)22-18(34-2)11-19(35-3)23(28)24(22)38-27/h5-6,8-12,29H,7H2,1-4H3/t12-,27+/m1/s1. The zero-order chi connectivity index (χ0) is 27.4. The molecule has 0 amide bonds. The molecule has 0 saturated heterocycles. The van der Waals surface area contributed by atoms with Gasteiger partial charge in [0.1, 0.15) is 27.7 Å². The second kappa shape index (κ2) is 9.21. The monoisotopic (exact) mass is 539 g/mol. The molecular weight excluding hydrogens is 518 g/mol. The molecule has 1 N–H and O–H groups in total. The molecule has 2 aliphatic rings. The van der Waals surface area contributed by atoms with E-state index in [1.165, 1.54) is 39.5 Å². The van der Waals surface area contributed by atoms with Gasteiger partial charge in [-0.2, -0.15) is 0 Å². The van der Waals surface area contributed by atoms with Gasteiger partial charge in [0, 0.05) is 35.5 Å². The van der Waals surface area contributed by atoms with Crippen molar-refractivity contribution in [3.63, 3.8) is 0 Å². The van der Waals surface area contributed by atoms with Crippen molar-refractivity contribution >= 4 is 45.8 Å². The highest BCUT2D eigenvalue weighted by Crippen LogP contribution is 2.53. The summed E-state index contributed by atoms with van der Waals surface area (Å²) in [4.78, 5) is 51.4. The smallest absolute Gasteiger partial charge is 0.374 e. The zero-order valence-corrected chi connectivity index (χ0v) is 21.6. The fourth-order valence-corrected chi connectivity index (χ4v) is 5.10. The Hall–Kier alpha value is -4.31. The maximum absolute atomic E-state index is 13.6. The number of methoxy groups -OCH3 is 3. The summed E-state index contributed by atoms with van der Waals surface area (Å²) in [5, 5.41) is 3.44. The largest absolute Gasteiger partial charge is 0.496 e. The van der Waals surface area contributed by atoms with Crippen LogP contribution in [0.5, 0.6) is 17.2 Å². The molecule has 2 heterocycles. The molecule has 0 saturated carbocycles. The number of Topliss-reactive ketones (excluding diaryl/α,β-unsaturated/α-hetero) is 1. The zero-order valence-electron chi connectivity index (χ0n) is 20.8. The lowest BCUT2D eigenvalue weighted by molar-refractivity contribution is -0.129. The van der Waals surface area contributed by atoms with Crippen molar-refractivity contribution < 1.29 is 37.7 Å². The van der Waals surface area contributed by atoms with E-state index in [1.54, 1.807) is 19.1 Å². The first-order valence-corrected chi connectivity index (χ1v) is 11.9. The minimum absolute atomic E-state index is 0.0467. The van der Waals surface area contributed by atoms with Gasteiger partial charge in [0.05, 0.1) is 26.7 Å². The highest BCUT2D eigenvalue weighted by Gasteiger charge is 2.60. The Morgan fingerprint density at radius 3 is 2.47 bits per heavy atom. The van der Waals surface area contributed by atoms with Crippen LogP contribution in [0, 0.1) is 5.92 Å². The molecule has 0 radical (unpaired) electrons. The van der Waals surface area contributed by atoms with Gasteiger partial charge in [-0.1, -0.05) is 18.5 Å². The number of ketones is 2. The predicted octanol–water partition coefficient (Wildman–Crippen LogP) is 4.17. The fraction of sp³-hybridized carbons (Fsp3) is 0.259. The Morgan fingerprint density at radius 1 is 1.08 bits per heavy atom. The topological polar surface area (TPSA) is 130 Å². The molecule has 10 nitrogen and oxygen atoms in total. The average Bonchev–Trinajstić information content (AvgIpc) is 3.22. The quantitative estimate of drug-likeness (QED) is 0.372. The lowest BCUT2D eigenvalue weighted by atomic mass is 9.74. The number of carbonyl (C=O) groups is 3. The summed E-state index contributed by atoms with van der Waals surface area (Å²) in [6.45, 7) is 1.73. The molecule has 5 rings (SSSR count). The van der Waals surface area contributed by atoms with Gasteiger partial charge in [-0.05, 0) is 24.6 Å². The number of nitrogens with one attached hydrogen (secondary N) is 1. The Bertz CT molecular complexity index is 1620. The van der Waals surface area contributed by atoms with E-state index in [4.69, 9.17) is 30.2 Å². The van der Waals surface area contributed by atoms with Crippen LogP contribution in [0.4, 0.5) is 5.69 Å². The van der Waals surface area contributed by atoms with Crippen molar-refractivity contribution in [2.75, 3.05) is 26.6 Å². The van der Waals surface area contributed by atoms with Gasteiger partial charge in [0.15, 0.2) is 11.2 Å². The summed E-state index contributed by atoms with van der Waals surface area (Å²) in [6.07, 6.45) is 1.59. The van der Waals surface area contributed by atoms with Gasteiger partial charge in [-0.25, -0.2) is 4.79 Å². The molecule has 3 aromatic rings. The van der Waals surface area contributed by atoms with E-state index in [9.17, 15) is 19.2 Å². The molecular formula is C27H22ClNO9. The van der Waals surface area contributed by atoms with Crippen LogP contribution in [0.2, 0.25) is 5.02 Å². The summed E-state index contributed by atoms with van der Waals surface area (Å²) in [6, 6.07) is 7.25. The van der Waals surface area contributed by atoms with E-state index < -0.39 is 34.5 Å². The minimum Gasteiger partial charge on any atom is -0.496 e. The van der Waals surface area contributed by atoms with Crippen LogP contribution in [-0.2, 0) is 9.53 Å². The van der Waals surface area contributed by atoms with Crippen LogP contribution in [0.15, 0.2) is 51.3 Å². The molecule has 2 aromatic carbocycles. The van der Waals surface area contributed by atoms with E-state index in [2.05, 4.69) is 10.1 Å². The number of ether oxygens (including phenoxy) is 4. The molecule has 196 valence electrons. The number of fused-ring (bicyclic) bond motifs is 2. The lowest BCUT2D eigenvalue weighted by Gasteiger charge is -2.35. The highest BCUT2D eigenvalue weighted by atomic mass is 35.5. The van der Waals surface area contributed by atoms with Crippen LogP contribution >= 0.6 is 11.6 Å². The SMILES string of the molecule is COC(=O)c1cc(=O)c2cc(NC3=CC(=O)[C@@]4(Oc5c(Cl)c(OC)cc(OC)c5C4=O)[C@H](C)C3)ccc2o1. The van der Waals surface area contributed by atoms with Crippen LogP contribution in [0.3, 0.4) is 0 Å².